The Morgan fingerprint density at radius 3 is 2.36 bits per heavy atom. The molecule has 11 heavy (non-hydrogen) atoms. The van der Waals surface area contributed by atoms with Gasteiger partial charge >= 0.3 is 29.6 Å². The zero-order valence-corrected chi connectivity index (χ0v) is 9.56. The van der Waals surface area contributed by atoms with E-state index in [2.05, 4.69) is 12.6 Å². The van der Waals surface area contributed by atoms with E-state index in [4.69, 9.17) is 0 Å². The number of thiol groups is 1. The fourth-order valence-corrected chi connectivity index (χ4v) is 1.09. The molecule has 1 rings (SSSR count). The Morgan fingerprint density at radius 1 is 1.45 bits per heavy atom. The van der Waals surface area contributed by atoms with Gasteiger partial charge in [-0.3, -0.25) is 4.79 Å². The summed E-state index contributed by atoms with van der Waals surface area (Å²) in [5.41, 5.74) is 0.686. The fourth-order valence-electron chi connectivity index (χ4n) is 0.771. The van der Waals surface area contributed by atoms with Crippen LogP contribution >= 0.6 is 12.6 Å². The molecule has 0 saturated heterocycles. The van der Waals surface area contributed by atoms with Crippen LogP contribution < -0.4 is 29.6 Å². The first-order valence-corrected chi connectivity index (χ1v) is 3.45. The third-order valence-electron chi connectivity index (χ3n) is 1.28. The Morgan fingerprint density at radius 2 is 2.00 bits per heavy atom. The van der Waals surface area contributed by atoms with Crippen molar-refractivity contribution in [3.05, 3.63) is 29.8 Å². The van der Waals surface area contributed by atoms with E-state index in [9.17, 15) is 4.79 Å². The summed E-state index contributed by atoms with van der Waals surface area (Å²) < 4.78 is 0. The fraction of sp³-hybridized carbons (Fsp3) is 0.125. The molecule has 3 heteroatoms. The smallest absolute Gasteiger partial charge is 1.00 e. The van der Waals surface area contributed by atoms with Crippen LogP contribution in [0.15, 0.2) is 29.2 Å². The van der Waals surface area contributed by atoms with Crippen molar-refractivity contribution in [3.8, 4) is 0 Å². The van der Waals surface area contributed by atoms with Crippen LogP contribution in [0, 0.1) is 0 Å². The second-order valence-electron chi connectivity index (χ2n) is 2.07. The zero-order chi connectivity index (χ0) is 7.56. The number of Topliss-reactive ketones (excluding diaryl/α,β-unsaturated/α-hetero) is 1. The van der Waals surface area contributed by atoms with Crippen molar-refractivity contribution in [2.75, 3.05) is 0 Å². The molecule has 54 valence electrons. The van der Waals surface area contributed by atoms with Crippen molar-refractivity contribution >= 4 is 18.4 Å². The third-order valence-corrected chi connectivity index (χ3v) is 1.67. The van der Waals surface area contributed by atoms with E-state index in [1.807, 2.05) is 12.1 Å². The van der Waals surface area contributed by atoms with Crippen molar-refractivity contribution in [2.45, 2.75) is 11.8 Å². The first-order valence-electron chi connectivity index (χ1n) is 3.01. The van der Waals surface area contributed by atoms with Crippen LogP contribution in [0.5, 0.6) is 0 Å². The van der Waals surface area contributed by atoms with Gasteiger partial charge in [-0.2, -0.15) is 0 Å². The van der Waals surface area contributed by atoms with Crippen LogP contribution in [-0.2, 0) is 0 Å². The first kappa shape index (κ1) is 11.2. The van der Waals surface area contributed by atoms with Crippen LogP contribution in [0.3, 0.4) is 0 Å². The van der Waals surface area contributed by atoms with E-state index in [1.165, 1.54) is 6.92 Å². The van der Waals surface area contributed by atoms with Crippen molar-refractivity contribution in [2.24, 2.45) is 0 Å². The molecular formula is C8H9NaOS. The van der Waals surface area contributed by atoms with Crippen molar-refractivity contribution in [1.29, 1.82) is 0 Å². The van der Waals surface area contributed by atoms with Crippen LogP contribution in [0.2, 0.25) is 0 Å². The average molecular weight is 176 g/mol. The molecule has 0 atom stereocenters. The predicted octanol–water partition coefficient (Wildman–Crippen LogP) is -0.706. The molecular weight excluding hydrogens is 167 g/mol. The standard InChI is InChI=1S/C8H8OS.Na.H/c1-6(9)7-4-2-3-5-8(7)10;;/h2-5,10H,1H3;;/q;+1;-1. The summed E-state index contributed by atoms with van der Waals surface area (Å²) in [6.07, 6.45) is 0. The third kappa shape index (κ3) is 2.99. The van der Waals surface area contributed by atoms with Gasteiger partial charge in [-0.1, -0.05) is 18.2 Å². The quantitative estimate of drug-likeness (QED) is 0.340. The molecule has 0 N–H and O–H groups in total. The zero-order valence-electron chi connectivity index (χ0n) is 7.66. The minimum atomic E-state index is 0. The molecule has 0 bridgehead atoms. The van der Waals surface area contributed by atoms with Crippen LogP contribution in [0.25, 0.3) is 0 Å². The van der Waals surface area contributed by atoms with Crippen LogP contribution in [0.4, 0.5) is 0 Å². The molecule has 0 amide bonds. The largest absolute Gasteiger partial charge is 1.00 e. The van der Waals surface area contributed by atoms with Crippen molar-refractivity contribution in [1.82, 2.24) is 0 Å². The van der Waals surface area contributed by atoms with Crippen LogP contribution in [0.1, 0.15) is 18.7 Å². The molecule has 0 aromatic heterocycles. The van der Waals surface area contributed by atoms with E-state index in [0.29, 0.717) is 5.56 Å². The molecule has 0 radical (unpaired) electrons. The summed E-state index contributed by atoms with van der Waals surface area (Å²) in [6, 6.07) is 7.26. The van der Waals surface area contributed by atoms with Gasteiger partial charge in [0.2, 0.25) is 0 Å². The van der Waals surface area contributed by atoms with Gasteiger partial charge in [0, 0.05) is 10.5 Å². The Labute approximate surface area is 95.4 Å². The normalized spacial score (nSPS) is 8.55. The van der Waals surface area contributed by atoms with E-state index >= 15 is 0 Å². The Kier molecular flexibility index (Phi) is 5.10. The first-order chi connectivity index (χ1) is 4.72. The maximum atomic E-state index is 10.8. The maximum absolute atomic E-state index is 10.8. The van der Waals surface area contributed by atoms with Gasteiger partial charge in [-0.25, -0.2) is 0 Å². The molecule has 1 nitrogen and oxygen atoms in total. The molecule has 1 aromatic carbocycles. The summed E-state index contributed by atoms with van der Waals surface area (Å²) >= 11 is 4.12. The number of rotatable bonds is 1. The predicted molar refractivity (Wildman–Crippen MR) is 44.8 cm³/mol. The SMILES string of the molecule is CC(=O)c1ccccc1S.[H-].[Na+]. The topological polar surface area (TPSA) is 17.1 Å². The number of carbonyl (C=O) groups is 1. The van der Waals surface area contributed by atoms with Gasteiger partial charge in [0.05, 0.1) is 0 Å². The molecule has 1 aromatic rings. The average Bonchev–Trinajstić information content (AvgIpc) is 1.88. The van der Waals surface area contributed by atoms with Gasteiger partial charge in [0.15, 0.2) is 5.78 Å². The summed E-state index contributed by atoms with van der Waals surface area (Å²) in [5, 5.41) is 0. The number of benzene rings is 1. The van der Waals surface area contributed by atoms with Gasteiger partial charge in [-0.15, -0.1) is 12.6 Å². The second kappa shape index (κ2) is 4.99. The second-order valence-corrected chi connectivity index (χ2v) is 2.56. The summed E-state index contributed by atoms with van der Waals surface area (Å²) in [4.78, 5) is 11.6. The number of ketones is 1. The van der Waals surface area contributed by atoms with Crippen LogP contribution in [-0.4, -0.2) is 5.78 Å². The molecule has 0 spiro atoms. The number of hydrogen-bond acceptors (Lipinski definition) is 2. The van der Waals surface area contributed by atoms with E-state index in [-0.39, 0.29) is 36.8 Å². The Bertz CT molecular complexity index is 265. The number of hydrogen-bond donors (Lipinski definition) is 1. The van der Waals surface area contributed by atoms with Gasteiger partial charge in [0.1, 0.15) is 0 Å². The van der Waals surface area contributed by atoms with Crippen molar-refractivity contribution < 1.29 is 35.8 Å². The molecule has 0 unspecified atom stereocenters. The van der Waals surface area contributed by atoms with E-state index < -0.39 is 0 Å². The molecule has 0 saturated carbocycles. The maximum Gasteiger partial charge on any atom is 1.00 e. The summed E-state index contributed by atoms with van der Waals surface area (Å²) in [5.74, 6) is 0.0607. The van der Waals surface area contributed by atoms with Gasteiger partial charge in [0.25, 0.3) is 0 Å². The number of carbonyl (C=O) groups excluding carboxylic acids is 1. The van der Waals surface area contributed by atoms with Gasteiger partial charge < -0.3 is 1.43 Å². The van der Waals surface area contributed by atoms with E-state index in [1.54, 1.807) is 12.1 Å². The molecule has 0 heterocycles. The summed E-state index contributed by atoms with van der Waals surface area (Å²) in [7, 11) is 0. The monoisotopic (exact) mass is 176 g/mol. The van der Waals surface area contributed by atoms with E-state index in [0.717, 1.165) is 4.90 Å². The molecule has 0 aliphatic heterocycles. The molecule has 0 aliphatic carbocycles. The minimum absolute atomic E-state index is 0. The summed E-state index contributed by atoms with van der Waals surface area (Å²) in [6.45, 7) is 1.54. The Balaban J connectivity index is 0. The van der Waals surface area contributed by atoms with Gasteiger partial charge in [-0.05, 0) is 13.0 Å². The Hall–Kier alpha value is 0.240. The molecule has 0 fully saturated rings. The minimum Gasteiger partial charge on any atom is -1.00 e. The molecule has 0 aliphatic rings. The van der Waals surface area contributed by atoms with Crippen molar-refractivity contribution in [3.63, 3.8) is 0 Å².